The van der Waals surface area contributed by atoms with E-state index >= 15 is 0 Å². The van der Waals surface area contributed by atoms with Gasteiger partial charge >= 0.3 is 0 Å². The molecule has 1 N–H and O–H groups in total. The minimum absolute atomic E-state index is 0.0253. The molecule has 0 bridgehead atoms. The van der Waals surface area contributed by atoms with Gasteiger partial charge in [-0.3, -0.25) is 20.2 Å². The monoisotopic (exact) mass is 297 g/mol. The van der Waals surface area contributed by atoms with Crippen LogP contribution in [0.5, 0.6) is 0 Å². The van der Waals surface area contributed by atoms with Gasteiger partial charge < -0.3 is 10.0 Å². The number of non-ortho nitro benzene ring substituents is 1. The van der Waals surface area contributed by atoms with Gasteiger partial charge in [0.2, 0.25) is 0 Å². The van der Waals surface area contributed by atoms with Crippen molar-refractivity contribution in [3.63, 3.8) is 0 Å². The summed E-state index contributed by atoms with van der Waals surface area (Å²) in [5.41, 5.74) is -0.336. The Balaban J connectivity index is 3.35. The second-order valence-corrected chi connectivity index (χ2v) is 4.57. The van der Waals surface area contributed by atoms with E-state index in [0.717, 1.165) is 18.9 Å². The molecule has 1 aromatic rings. The van der Waals surface area contributed by atoms with Gasteiger partial charge in [-0.2, -0.15) is 0 Å². The molecule has 0 atom stereocenters. The molecule has 8 heteroatoms. The Morgan fingerprint density at radius 1 is 1.19 bits per heavy atom. The van der Waals surface area contributed by atoms with Gasteiger partial charge in [-0.05, 0) is 18.9 Å². The summed E-state index contributed by atoms with van der Waals surface area (Å²) >= 11 is 0. The number of hydrogen-bond acceptors (Lipinski definition) is 6. The molecule has 0 amide bonds. The molecule has 0 spiro atoms. The Morgan fingerprint density at radius 2 is 1.81 bits per heavy atom. The maximum Gasteiger partial charge on any atom is 0.299 e. The third-order valence-electron chi connectivity index (χ3n) is 3.40. The molecule has 1 rings (SSSR count). The van der Waals surface area contributed by atoms with Crippen molar-refractivity contribution in [2.75, 3.05) is 18.1 Å². The highest BCUT2D eigenvalue weighted by molar-refractivity contribution is 5.67. The largest absolute Gasteiger partial charge is 0.395 e. The van der Waals surface area contributed by atoms with E-state index in [1.165, 1.54) is 12.1 Å². The third-order valence-corrected chi connectivity index (χ3v) is 3.40. The first-order chi connectivity index (χ1) is 9.96. The van der Waals surface area contributed by atoms with Gasteiger partial charge in [0.05, 0.1) is 22.5 Å². The number of nitro groups is 2. The lowest BCUT2D eigenvalue weighted by Gasteiger charge is -2.31. The van der Waals surface area contributed by atoms with Crippen LogP contribution in [0.25, 0.3) is 0 Å². The van der Waals surface area contributed by atoms with E-state index in [4.69, 9.17) is 0 Å². The Kier molecular flexibility index (Phi) is 6.04. The first-order valence-electron chi connectivity index (χ1n) is 6.76. The number of benzene rings is 1. The quantitative estimate of drug-likeness (QED) is 0.583. The average molecular weight is 297 g/mol. The lowest BCUT2D eigenvalue weighted by molar-refractivity contribution is -0.393. The van der Waals surface area contributed by atoms with Gasteiger partial charge in [0.15, 0.2) is 0 Å². The smallest absolute Gasteiger partial charge is 0.299 e. The summed E-state index contributed by atoms with van der Waals surface area (Å²) in [6, 6.07) is 3.61. The normalized spacial score (nSPS) is 10.7. The molecule has 0 saturated heterocycles. The highest BCUT2D eigenvalue weighted by Gasteiger charge is 2.26. The van der Waals surface area contributed by atoms with Crippen LogP contribution in [0.15, 0.2) is 18.2 Å². The molecule has 0 heterocycles. The lowest BCUT2D eigenvalue weighted by Crippen LogP contribution is -2.37. The molecule has 0 aliphatic rings. The van der Waals surface area contributed by atoms with Crippen LogP contribution in [0.1, 0.15) is 26.7 Å². The molecule has 0 saturated carbocycles. The number of nitrogens with zero attached hydrogens (tertiary/aromatic N) is 3. The number of rotatable bonds is 8. The summed E-state index contributed by atoms with van der Waals surface area (Å²) in [5.74, 6) is 0. The number of aliphatic hydroxyl groups excluding tert-OH is 1. The van der Waals surface area contributed by atoms with Gasteiger partial charge in [-0.25, -0.2) is 0 Å². The standard InChI is InChI=1S/C13H19N3O5/c1-3-10(4-2)14(7-8-17)12-6-5-11(15(18)19)9-13(12)16(20)21/h5-6,9-10,17H,3-4,7-8H2,1-2H3. The summed E-state index contributed by atoms with van der Waals surface area (Å²) in [4.78, 5) is 22.4. The Hall–Kier alpha value is -2.22. The molecule has 1 aromatic carbocycles. The Morgan fingerprint density at radius 3 is 2.24 bits per heavy atom. The first kappa shape index (κ1) is 16.8. The zero-order chi connectivity index (χ0) is 16.0. The van der Waals surface area contributed by atoms with Gasteiger partial charge in [0, 0.05) is 18.7 Å². The lowest BCUT2D eigenvalue weighted by atomic mass is 10.1. The molecule has 0 unspecified atom stereocenters. The summed E-state index contributed by atoms with van der Waals surface area (Å²) < 4.78 is 0. The van der Waals surface area contributed by atoms with Crippen molar-refractivity contribution in [3.8, 4) is 0 Å². The number of aliphatic hydroxyl groups is 1. The zero-order valence-electron chi connectivity index (χ0n) is 12.1. The van der Waals surface area contributed by atoms with E-state index in [-0.39, 0.29) is 30.6 Å². The second-order valence-electron chi connectivity index (χ2n) is 4.57. The van der Waals surface area contributed by atoms with Crippen LogP contribution < -0.4 is 4.90 Å². The van der Waals surface area contributed by atoms with Crippen molar-refractivity contribution in [3.05, 3.63) is 38.4 Å². The summed E-state index contributed by atoms with van der Waals surface area (Å²) in [7, 11) is 0. The number of hydrogen-bond donors (Lipinski definition) is 1. The number of nitro benzene ring substituents is 2. The summed E-state index contributed by atoms with van der Waals surface area (Å²) in [5, 5.41) is 31.1. The van der Waals surface area contributed by atoms with Crippen LogP contribution in [-0.2, 0) is 0 Å². The van der Waals surface area contributed by atoms with E-state index < -0.39 is 9.85 Å². The minimum atomic E-state index is -0.662. The molecular formula is C13H19N3O5. The highest BCUT2D eigenvalue weighted by atomic mass is 16.6. The SMILES string of the molecule is CCC(CC)N(CCO)c1ccc([N+](=O)[O-])cc1[N+](=O)[O-]. The number of anilines is 1. The van der Waals surface area contributed by atoms with Crippen LogP contribution in [0.4, 0.5) is 17.1 Å². The molecule has 0 fully saturated rings. The maximum atomic E-state index is 11.2. The van der Waals surface area contributed by atoms with Gasteiger partial charge in [-0.1, -0.05) is 13.8 Å². The van der Waals surface area contributed by atoms with Crippen LogP contribution >= 0.6 is 0 Å². The molecule has 8 nitrogen and oxygen atoms in total. The molecule has 21 heavy (non-hydrogen) atoms. The molecule has 0 aliphatic carbocycles. The molecule has 0 aliphatic heterocycles. The maximum absolute atomic E-state index is 11.2. The van der Waals surface area contributed by atoms with Crippen LogP contribution in [0.3, 0.4) is 0 Å². The molecule has 0 radical (unpaired) electrons. The highest BCUT2D eigenvalue weighted by Crippen LogP contribution is 2.33. The average Bonchev–Trinajstić information content (AvgIpc) is 2.46. The summed E-state index contributed by atoms with van der Waals surface area (Å²) in [6.45, 7) is 4.00. The predicted molar refractivity (Wildman–Crippen MR) is 78.6 cm³/mol. The molecule has 0 aromatic heterocycles. The minimum Gasteiger partial charge on any atom is -0.395 e. The Bertz CT molecular complexity index is 517. The van der Waals surface area contributed by atoms with Crippen molar-refractivity contribution >= 4 is 17.1 Å². The zero-order valence-corrected chi connectivity index (χ0v) is 12.1. The van der Waals surface area contributed by atoms with Crippen molar-refractivity contribution in [2.45, 2.75) is 32.7 Å². The molecular weight excluding hydrogens is 278 g/mol. The summed E-state index contributed by atoms with van der Waals surface area (Å²) in [6.07, 6.45) is 1.51. The third kappa shape index (κ3) is 3.88. The van der Waals surface area contributed by atoms with Crippen molar-refractivity contribution in [1.29, 1.82) is 0 Å². The fraction of sp³-hybridized carbons (Fsp3) is 0.538. The van der Waals surface area contributed by atoms with Gasteiger partial charge in [0.1, 0.15) is 5.69 Å². The van der Waals surface area contributed by atoms with Gasteiger partial charge in [-0.15, -0.1) is 0 Å². The Labute approximate surface area is 122 Å². The van der Waals surface area contributed by atoms with E-state index in [9.17, 15) is 25.3 Å². The fourth-order valence-corrected chi connectivity index (χ4v) is 2.35. The van der Waals surface area contributed by atoms with Crippen molar-refractivity contribution in [1.82, 2.24) is 0 Å². The topological polar surface area (TPSA) is 110 Å². The van der Waals surface area contributed by atoms with Crippen LogP contribution in [0, 0.1) is 20.2 Å². The van der Waals surface area contributed by atoms with Crippen LogP contribution in [0.2, 0.25) is 0 Å². The van der Waals surface area contributed by atoms with Gasteiger partial charge in [0.25, 0.3) is 11.4 Å². The van der Waals surface area contributed by atoms with Crippen molar-refractivity contribution < 1.29 is 15.0 Å². The fourth-order valence-electron chi connectivity index (χ4n) is 2.35. The molecule has 116 valence electrons. The predicted octanol–water partition coefficient (Wildman–Crippen LogP) is 2.49. The van der Waals surface area contributed by atoms with E-state index in [1.54, 1.807) is 4.90 Å². The van der Waals surface area contributed by atoms with E-state index in [0.29, 0.717) is 5.69 Å². The van der Waals surface area contributed by atoms with E-state index in [1.807, 2.05) is 13.8 Å². The van der Waals surface area contributed by atoms with Crippen molar-refractivity contribution in [2.24, 2.45) is 0 Å². The first-order valence-corrected chi connectivity index (χ1v) is 6.76. The van der Waals surface area contributed by atoms with Crippen LogP contribution in [-0.4, -0.2) is 34.1 Å². The second kappa shape index (κ2) is 7.53. The van der Waals surface area contributed by atoms with E-state index in [2.05, 4.69) is 0 Å².